The molecule has 0 bridgehead atoms. The molecule has 1 saturated heterocycles. The van der Waals surface area contributed by atoms with Gasteiger partial charge in [-0.25, -0.2) is 4.98 Å². The lowest BCUT2D eigenvalue weighted by Crippen LogP contribution is -2.49. The molecule has 5 heteroatoms. The third-order valence-electron chi connectivity index (χ3n) is 3.16. The van der Waals surface area contributed by atoms with Crippen molar-refractivity contribution in [1.29, 1.82) is 5.26 Å². The van der Waals surface area contributed by atoms with Gasteiger partial charge in [0.1, 0.15) is 11.8 Å². The van der Waals surface area contributed by atoms with E-state index in [1.807, 2.05) is 19.1 Å². The van der Waals surface area contributed by atoms with Crippen LogP contribution in [-0.2, 0) is 11.3 Å². The van der Waals surface area contributed by atoms with Crippen molar-refractivity contribution in [1.82, 2.24) is 9.88 Å². The first-order valence-electron chi connectivity index (χ1n) is 6.14. The Bertz CT molecular complexity index is 441. The summed E-state index contributed by atoms with van der Waals surface area (Å²) in [5.41, 5.74) is 7.33. The van der Waals surface area contributed by atoms with Crippen LogP contribution in [0.5, 0.6) is 0 Å². The molecule has 0 radical (unpaired) electrons. The van der Waals surface area contributed by atoms with Gasteiger partial charge in [0.2, 0.25) is 0 Å². The van der Waals surface area contributed by atoms with Gasteiger partial charge in [-0.2, -0.15) is 5.26 Å². The zero-order chi connectivity index (χ0) is 13.0. The van der Waals surface area contributed by atoms with Crippen molar-refractivity contribution >= 4 is 0 Å². The topological polar surface area (TPSA) is 75.2 Å². The van der Waals surface area contributed by atoms with Crippen molar-refractivity contribution in [3.05, 3.63) is 29.6 Å². The lowest BCUT2D eigenvalue weighted by molar-refractivity contribution is -0.0404. The summed E-state index contributed by atoms with van der Waals surface area (Å²) in [6.07, 6.45) is 1.72. The number of pyridine rings is 1. The van der Waals surface area contributed by atoms with Gasteiger partial charge in [0.05, 0.1) is 12.7 Å². The molecule has 1 aromatic rings. The van der Waals surface area contributed by atoms with Crippen LogP contribution in [0.2, 0.25) is 0 Å². The molecule has 0 spiro atoms. The molecule has 2 heterocycles. The van der Waals surface area contributed by atoms with Crippen LogP contribution in [0.15, 0.2) is 18.3 Å². The van der Waals surface area contributed by atoms with Gasteiger partial charge in [-0.05, 0) is 13.0 Å². The molecule has 2 N–H and O–H groups in total. The summed E-state index contributed by atoms with van der Waals surface area (Å²) in [4.78, 5) is 6.33. The standard InChI is InChI=1S/C13H18N4O/c1-10(15)13-9-17(5-6-18-13)8-11-3-2-4-16-12(11)7-14/h2-4,10,13H,5-6,8-9,15H2,1H3. The Morgan fingerprint density at radius 3 is 3.28 bits per heavy atom. The molecule has 2 atom stereocenters. The molecular formula is C13H18N4O. The summed E-state index contributed by atoms with van der Waals surface area (Å²) < 4.78 is 5.62. The molecule has 96 valence electrons. The van der Waals surface area contributed by atoms with E-state index in [1.165, 1.54) is 0 Å². The van der Waals surface area contributed by atoms with Crippen LogP contribution in [0.4, 0.5) is 0 Å². The summed E-state index contributed by atoms with van der Waals surface area (Å²) >= 11 is 0. The Balaban J connectivity index is 2.03. The van der Waals surface area contributed by atoms with Crippen molar-refractivity contribution in [3.8, 4) is 6.07 Å². The second kappa shape index (κ2) is 5.91. The summed E-state index contributed by atoms with van der Waals surface area (Å²) in [5, 5.41) is 9.01. The number of nitrogens with two attached hydrogens (primary N) is 1. The Hall–Kier alpha value is -1.48. The highest BCUT2D eigenvalue weighted by Crippen LogP contribution is 2.13. The van der Waals surface area contributed by atoms with Gasteiger partial charge in [-0.1, -0.05) is 6.07 Å². The molecule has 1 aliphatic heterocycles. The average molecular weight is 246 g/mol. The molecule has 2 rings (SSSR count). The van der Waals surface area contributed by atoms with Crippen LogP contribution < -0.4 is 5.73 Å². The average Bonchev–Trinajstić information content (AvgIpc) is 2.39. The first kappa shape index (κ1) is 13.0. The molecule has 0 aliphatic carbocycles. The molecular weight excluding hydrogens is 228 g/mol. The van der Waals surface area contributed by atoms with Crippen molar-refractivity contribution in [2.24, 2.45) is 5.73 Å². The summed E-state index contributed by atoms with van der Waals surface area (Å²) in [7, 11) is 0. The predicted molar refractivity (Wildman–Crippen MR) is 67.6 cm³/mol. The molecule has 1 aliphatic rings. The number of morpholine rings is 1. The SMILES string of the molecule is CC(N)C1CN(Cc2cccnc2C#N)CCO1. The summed E-state index contributed by atoms with van der Waals surface area (Å²) in [6.45, 7) is 5.04. The van der Waals surface area contributed by atoms with Crippen LogP contribution in [0.25, 0.3) is 0 Å². The molecule has 18 heavy (non-hydrogen) atoms. The molecule has 0 aromatic carbocycles. The second-order valence-electron chi connectivity index (χ2n) is 4.63. The zero-order valence-corrected chi connectivity index (χ0v) is 10.5. The van der Waals surface area contributed by atoms with Crippen molar-refractivity contribution in [2.75, 3.05) is 19.7 Å². The monoisotopic (exact) mass is 246 g/mol. The smallest absolute Gasteiger partial charge is 0.144 e. The van der Waals surface area contributed by atoms with E-state index in [4.69, 9.17) is 15.7 Å². The van der Waals surface area contributed by atoms with Gasteiger partial charge in [0.15, 0.2) is 0 Å². The fraction of sp³-hybridized carbons (Fsp3) is 0.538. The van der Waals surface area contributed by atoms with E-state index in [2.05, 4.69) is 16.0 Å². The number of hydrogen-bond acceptors (Lipinski definition) is 5. The Morgan fingerprint density at radius 1 is 1.72 bits per heavy atom. The van der Waals surface area contributed by atoms with Crippen LogP contribution in [0.3, 0.4) is 0 Å². The largest absolute Gasteiger partial charge is 0.374 e. The number of aromatic nitrogens is 1. The van der Waals surface area contributed by atoms with E-state index in [0.717, 1.165) is 25.2 Å². The van der Waals surface area contributed by atoms with E-state index < -0.39 is 0 Å². The Morgan fingerprint density at radius 2 is 2.56 bits per heavy atom. The molecule has 1 fully saturated rings. The number of rotatable bonds is 3. The van der Waals surface area contributed by atoms with Gasteiger partial charge >= 0.3 is 0 Å². The first-order chi connectivity index (χ1) is 8.70. The van der Waals surface area contributed by atoms with Crippen LogP contribution in [0, 0.1) is 11.3 Å². The fourth-order valence-corrected chi connectivity index (χ4v) is 2.10. The highest BCUT2D eigenvalue weighted by Gasteiger charge is 2.23. The Labute approximate surface area is 107 Å². The lowest BCUT2D eigenvalue weighted by atomic mass is 10.1. The quantitative estimate of drug-likeness (QED) is 0.840. The maximum absolute atomic E-state index is 9.01. The maximum atomic E-state index is 9.01. The number of nitrogens with zero attached hydrogens (tertiary/aromatic N) is 3. The van der Waals surface area contributed by atoms with Crippen LogP contribution in [-0.4, -0.2) is 41.7 Å². The second-order valence-corrected chi connectivity index (χ2v) is 4.63. The normalized spacial score (nSPS) is 22.4. The van der Waals surface area contributed by atoms with Gasteiger partial charge in [-0.3, -0.25) is 4.90 Å². The number of ether oxygens (including phenoxy) is 1. The van der Waals surface area contributed by atoms with Crippen LogP contribution >= 0.6 is 0 Å². The lowest BCUT2D eigenvalue weighted by Gasteiger charge is -2.34. The minimum atomic E-state index is 0.0251. The molecule has 5 nitrogen and oxygen atoms in total. The Kier molecular flexibility index (Phi) is 4.26. The molecule has 0 amide bonds. The van der Waals surface area contributed by atoms with E-state index in [-0.39, 0.29) is 12.1 Å². The van der Waals surface area contributed by atoms with Gasteiger partial charge < -0.3 is 10.5 Å². The van der Waals surface area contributed by atoms with E-state index in [0.29, 0.717) is 12.3 Å². The maximum Gasteiger partial charge on any atom is 0.144 e. The molecule has 1 aromatic heterocycles. The van der Waals surface area contributed by atoms with E-state index >= 15 is 0 Å². The summed E-state index contributed by atoms with van der Waals surface area (Å²) in [5.74, 6) is 0. The van der Waals surface area contributed by atoms with Crippen molar-refractivity contribution in [2.45, 2.75) is 25.6 Å². The minimum absolute atomic E-state index is 0.0251. The number of nitriles is 1. The third kappa shape index (κ3) is 3.05. The van der Waals surface area contributed by atoms with Gasteiger partial charge in [0, 0.05) is 37.4 Å². The van der Waals surface area contributed by atoms with Crippen LogP contribution in [0.1, 0.15) is 18.2 Å². The fourth-order valence-electron chi connectivity index (χ4n) is 2.10. The molecule has 2 unspecified atom stereocenters. The van der Waals surface area contributed by atoms with Crippen molar-refractivity contribution in [3.63, 3.8) is 0 Å². The highest BCUT2D eigenvalue weighted by molar-refractivity contribution is 5.30. The predicted octanol–water partition coefficient (Wildman–Crippen LogP) is 0.501. The van der Waals surface area contributed by atoms with E-state index in [1.54, 1.807) is 6.20 Å². The number of hydrogen-bond donors (Lipinski definition) is 1. The van der Waals surface area contributed by atoms with E-state index in [9.17, 15) is 0 Å². The molecule has 0 saturated carbocycles. The zero-order valence-electron chi connectivity index (χ0n) is 10.5. The minimum Gasteiger partial charge on any atom is -0.374 e. The summed E-state index contributed by atoms with van der Waals surface area (Å²) in [6, 6.07) is 5.96. The third-order valence-corrected chi connectivity index (χ3v) is 3.16. The first-order valence-corrected chi connectivity index (χ1v) is 6.14. The van der Waals surface area contributed by atoms with Gasteiger partial charge in [-0.15, -0.1) is 0 Å². The van der Waals surface area contributed by atoms with Crippen molar-refractivity contribution < 1.29 is 4.74 Å². The highest BCUT2D eigenvalue weighted by atomic mass is 16.5. The van der Waals surface area contributed by atoms with Gasteiger partial charge in [0.25, 0.3) is 0 Å².